The van der Waals surface area contributed by atoms with Crippen molar-refractivity contribution in [3.05, 3.63) is 95.7 Å². The van der Waals surface area contributed by atoms with E-state index < -0.39 is 27.7 Å². The molecule has 0 amide bonds. The van der Waals surface area contributed by atoms with Crippen LogP contribution in [0.3, 0.4) is 0 Å². The van der Waals surface area contributed by atoms with E-state index in [4.69, 9.17) is 0 Å². The third-order valence-corrected chi connectivity index (χ3v) is 7.65. The largest absolute Gasteiger partial charge is 0.573 e. The zero-order valence-corrected chi connectivity index (χ0v) is 21.1. The Morgan fingerprint density at radius 2 is 1.57 bits per heavy atom. The van der Waals surface area contributed by atoms with Crippen molar-refractivity contribution in [3.8, 4) is 5.75 Å². The number of pyridine rings is 1. The van der Waals surface area contributed by atoms with Gasteiger partial charge in [0.2, 0.25) is 0 Å². The third kappa shape index (κ3) is 5.70. The second kappa shape index (κ2) is 9.68. The van der Waals surface area contributed by atoms with Crippen LogP contribution < -0.4 is 9.04 Å². The summed E-state index contributed by atoms with van der Waals surface area (Å²) in [6.45, 7) is 4.52. The smallest absolute Gasteiger partial charge is 0.406 e. The summed E-state index contributed by atoms with van der Waals surface area (Å²) in [5.74, 6) is -0.252. The summed E-state index contributed by atoms with van der Waals surface area (Å²) >= 11 is 0. The normalized spacial score (nSPS) is 12.5. The highest BCUT2D eigenvalue weighted by molar-refractivity contribution is 7.92. The van der Waals surface area contributed by atoms with Gasteiger partial charge in [-0.15, -0.1) is 13.2 Å². The maximum absolute atomic E-state index is 14.1. The number of anilines is 1. The Morgan fingerprint density at radius 3 is 2.22 bits per heavy atom. The molecule has 37 heavy (non-hydrogen) atoms. The summed E-state index contributed by atoms with van der Waals surface area (Å²) < 4.78 is 71.1. The van der Waals surface area contributed by atoms with Crippen LogP contribution in [-0.4, -0.2) is 24.9 Å². The van der Waals surface area contributed by atoms with Gasteiger partial charge in [0.1, 0.15) is 11.6 Å². The van der Waals surface area contributed by atoms with Gasteiger partial charge in [-0.2, -0.15) is 0 Å². The molecule has 0 aliphatic carbocycles. The summed E-state index contributed by atoms with van der Waals surface area (Å²) in [4.78, 5) is 4.36. The fourth-order valence-electron chi connectivity index (χ4n) is 4.10. The minimum absolute atomic E-state index is 0.103. The number of hydrogen-bond acceptors (Lipinski definition) is 5. The first-order chi connectivity index (χ1) is 17.3. The van der Waals surface area contributed by atoms with Crippen molar-refractivity contribution in [1.29, 1.82) is 0 Å². The lowest BCUT2D eigenvalue weighted by molar-refractivity contribution is -0.274. The molecule has 0 spiro atoms. The predicted octanol–water partition coefficient (Wildman–Crippen LogP) is 6.06. The first-order valence-electron chi connectivity index (χ1n) is 11.3. The molecule has 4 rings (SSSR count). The number of aromatic nitrogens is 1. The van der Waals surface area contributed by atoms with Gasteiger partial charge in [0, 0.05) is 22.7 Å². The number of halogens is 3. The lowest BCUT2D eigenvalue weighted by atomic mass is 9.99. The number of rotatable bonds is 7. The van der Waals surface area contributed by atoms with E-state index in [2.05, 4.69) is 9.72 Å². The molecule has 0 aliphatic heterocycles. The number of alkyl halides is 3. The van der Waals surface area contributed by atoms with Gasteiger partial charge in [0.25, 0.3) is 10.0 Å². The molecule has 4 aromatic rings. The molecule has 0 fully saturated rings. The van der Waals surface area contributed by atoms with E-state index >= 15 is 0 Å². The lowest BCUT2D eigenvalue weighted by Crippen LogP contribution is -2.34. The van der Waals surface area contributed by atoms with Crippen molar-refractivity contribution >= 4 is 26.6 Å². The molecule has 0 bridgehead atoms. The first-order valence-corrected chi connectivity index (χ1v) is 12.7. The van der Waals surface area contributed by atoms with E-state index in [-0.39, 0.29) is 22.8 Å². The van der Waals surface area contributed by atoms with E-state index in [1.807, 2.05) is 24.3 Å². The van der Waals surface area contributed by atoms with Gasteiger partial charge in [0.05, 0.1) is 17.0 Å². The van der Waals surface area contributed by atoms with Gasteiger partial charge < -0.3 is 9.84 Å². The summed E-state index contributed by atoms with van der Waals surface area (Å²) in [6.07, 6.45) is -3.27. The van der Waals surface area contributed by atoms with Gasteiger partial charge in [-0.05, 0) is 49.9 Å². The van der Waals surface area contributed by atoms with Crippen LogP contribution in [0.4, 0.5) is 19.0 Å². The lowest BCUT2D eigenvalue weighted by Gasteiger charge is -2.29. The Labute approximate surface area is 213 Å². The molecule has 0 radical (unpaired) electrons. The zero-order chi connectivity index (χ0) is 27.0. The highest BCUT2D eigenvalue weighted by atomic mass is 32.2. The minimum Gasteiger partial charge on any atom is -0.406 e. The molecule has 1 N–H and O–H groups in total. The topological polar surface area (TPSA) is 79.7 Å². The number of benzene rings is 3. The van der Waals surface area contributed by atoms with E-state index in [0.29, 0.717) is 11.1 Å². The number of aliphatic hydroxyl groups is 1. The van der Waals surface area contributed by atoms with Crippen LogP contribution in [-0.2, 0) is 22.2 Å². The zero-order valence-electron chi connectivity index (χ0n) is 20.3. The van der Waals surface area contributed by atoms with Crippen molar-refractivity contribution in [1.82, 2.24) is 4.98 Å². The molecule has 194 valence electrons. The molecule has 10 heteroatoms. The van der Waals surface area contributed by atoms with E-state index in [1.54, 1.807) is 25.3 Å². The number of nitrogens with zero attached hydrogens (tertiary/aromatic N) is 2. The Hall–Kier alpha value is -3.63. The average Bonchev–Trinajstić information content (AvgIpc) is 2.83. The number of aryl methyl sites for hydroxylation is 1. The number of fused-ring (bicyclic) bond motifs is 1. The van der Waals surface area contributed by atoms with Crippen molar-refractivity contribution in [3.63, 3.8) is 0 Å². The molecular weight excluding hydrogens is 505 g/mol. The van der Waals surface area contributed by atoms with Crippen molar-refractivity contribution in [2.45, 2.75) is 44.2 Å². The van der Waals surface area contributed by atoms with Crippen LogP contribution in [0.1, 0.15) is 30.5 Å². The summed E-state index contributed by atoms with van der Waals surface area (Å²) in [5, 5.41) is 12.3. The fourth-order valence-corrected chi connectivity index (χ4v) is 5.92. The van der Waals surface area contributed by atoms with Crippen LogP contribution in [0.25, 0.3) is 10.8 Å². The number of ether oxygens (including phenoxy) is 1. The first kappa shape index (κ1) is 26.4. The maximum atomic E-state index is 14.1. The highest BCUT2D eigenvalue weighted by Gasteiger charge is 2.34. The molecule has 6 nitrogen and oxygen atoms in total. The second-order valence-electron chi connectivity index (χ2n) is 9.05. The SMILES string of the molecule is Cc1c(N(Cc2ccc(OC(F)(F)F)cc2)S(=O)(=O)c2ccccc2C(C)(C)O)ncc2ccccc12. The van der Waals surface area contributed by atoms with Crippen LogP contribution in [0.2, 0.25) is 0 Å². The predicted molar refractivity (Wildman–Crippen MR) is 135 cm³/mol. The van der Waals surface area contributed by atoms with Crippen molar-refractivity contribution in [2.75, 3.05) is 4.31 Å². The highest BCUT2D eigenvalue weighted by Crippen LogP contribution is 2.35. The number of sulfonamides is 1. The molecule has 0 aliphatic rings. The van der Waals surface area contributed by atoms with Crippen LogP contribution in [0, 0.1) is 6.92 Å². The standard InChI is InChI=1S/C27H25F3N2O4S/c1-18-22-9-5-4-8-20(22)16-31-25(18)32(17-19-12-14-21(15-13-19)36-27(28,29)30)37(34,35)24-11-7-6-10-23(24)26(2,3)33/h4-16,33H,17H2,1-3H3. The second-order valence-corrected chi connectivity index (χ2v) is 10.9. The van der Waals surface area contributed by atoms with E-state index in [0.717, 1.165) is 27.2 Å². The van der Waals surface area contributed by atoms with Gasteiger partial charge in [0.15, 0.2) is 0 Å². The van der Waals surface area contributed by atoms with Gasteiger partial charge in [-0.1, -0.05) is 54.6 Å². The summed E-state index contributed by atoms with van der Waals surface area (Å²) in [5.41, 5.74) is -0.238. The molecule has 1 aromatic heterocycles. The number of hydrogen-bond donors (Lipinski definition) is 1. The molecule has 3 aromatic carbocycles. The summed E-state index contributed by atoms with van der Waals surface area (Å²) in [7, 11) is -4.30. The van der Waals surface area contributed by atoms with Crippen LogP contribution in [0.15, 0.2) is 83.9 Å². The van der Waals surface area contributed by atoms with Crippen LogP contribution in [0.5, 0.6) is 5.75 Å². The Morgan fingerprint density at radius 1 is 0.946 bits per heavy atom. The molecule has 0 saturated carbocycles. The van der Waals surface area contributed by atoms with Crippen molar-refractivity contribution < 1.29 is 31.4 Å². The Bertz CT molecular complexity index is 1530. The monoisotopic (exact) mass is 530 g/mol. The molecule has 0 saturated heterocycles. The molecule has 1 heterocycles. The maximum Gasteiger partial charge on any atom is 0.573 e. The minimum atomic E-state index is -4.84. The van der Waals surface area contributed by atoms with Gasteiger partial charge in [-0.25, -0.2) is 17.7 Å². The van der Waals surface area contributed by atoms with E-state index in [9.17, 15) is 26.7 Å². The van der Waals surface area contributed by atoms with Gasteiger partial charge in [-0.3, -0.25) is 0 Å². The quantitative estimate of drug-likeness (QED) is 0.314. The van der Waals surface area contributed by atoms with Crippen LogP contribution >= 0.6 is 0 Å². The fraction of sp³-hybridized carbons (Fsp3) is 0.222. The van der Waals surface area contributed by atoms with Gasteiger partial charge >= 0.3 is 6.36 Å². The third-order valence-electron chi connectivity index (χ3n) is 5.86. The molecule has 0 atom stereocenters. The Balaban J connectivity index is 1.86. The summed E-state index contributed by atoms with van der Waals surface area (Å²) in [6, 6.07) is 18.5. The molecular formula is C27H25F3N2O4S. The average molecular weight is 531 g/mol. The Kier molecular flexibility index (Phi) is 6.91. The van der Waals surface area contributed by atoms with E-state index in [1.165, 1.54) is 38.1 Å². The molecule has 0 unspecified atom stereocenters. The van der Waals surface area contributed by atoms with Crippen molar-refractivity contribution in [2.24, 2.45) is 0 Å².